The third kappa shape index (κ3) is 7.58. The average molecular weight is 383 g/mol. The molecule has 1 aliphatic heterocycles. The molecule has 2 unspecified atom stereocenters. The summed E-state index contributed by atoms with van der Waals surface area (Å²) in [6, 6.07) is 9.81. The van der Waals surface area contributed by atoms with Crippen LogP contribution in [-0.2, 0) is 20.7 Å². The number of carbonyl (C=O) groups excluding carboxylic acids is 2. The smallest absolute Gasteiger partial charge is 0.305 e. The summed E-state index contributed by atoms with van der Waals surface area (Å²) in [6.45, 7) is 0.376. The van der Waals surface area contributed by atoms with E-state index < -0.39 is 6.10 Å². The normalized spacial score (nSPS) is 17.9. The number of unbranched alkanes of at least 4 members (excludes halogenated alkanes) is 1. The molecular weight excluding hydrogens is 354 g/mol. The van der Waals surface area contributed by atoms with Gasteiger partial charge in [-0.3, -0.25) is 9.59 Å². The van der Waals surface area contributed by atoms with Crippen molar-refractivity contribution in [3.8, 4) is 11.8 Å². The Hall–Kier alpha value is -2.58. The topological polar surface area (TPSA) is 66.8 Å². The Labute approximate surface area is 167 Å². The van der Waals surface area contributed by atoms with Gasteiger partial charge in [0.05, 0.1) is 25.8 Å². The van der Waals surface area contributed by atoms with Crippen LogP contribution in [0.25, 0.3) is 0 Å². The predicted molar refractivity (Wildman–Crippen MR) is 108 cm³/mol. The molecular formula is C23H29NO4. The summed E-state index contributed by atoms with van der Waals surface area (Å²) in [5.74, 6) is 5.94. The number of likely N-dealkylation sites (tertiary alicyclic amines) is 1. The van der Waals surface area contributed by atoms with E-state index in [0.29, 0.717) is 38.6 Å². The fourth-order valence-electron chi connectivity index (χ4n) is 3.19. The molecule has 1 amide bonds. The monoisotopic (exact) mass is 383 g/mol. The molecule has 150 valence electrons. The lowest BCUT2D eigenvalue weighted by Crippen LogP contribution is -2.42. The number of aliphatic hydroxyl groups is 1. The molecule has 1 heterocycles. The Kier molecular flexibility index (Phi) is 9.30. The van der Waals surface area contributed by atoms with Crippen molar-refractivity contribution in [1.29, 1.82) is 0 Å². The standard InChI is InChI=1S/C23H29NO4/c1-28-23(27)14-7-2-3-8-17-24-20(12-9-13-22(24)26)15-16-21(25)18-19-10-5-4-6-11-19/h4-6,10-11,15-16,20-21,25H,2,7,9,12-14,17-18H2,1H3. The lowest BCUT2D eigenvalue weighted by atomic mass is 9.99. The number of nitrogens with zero attached hydrogens (tertiary/aromatic N) is 1. The molecule has 1 aromatic carbocycles. The number of piperidine rings is 1. The quantitative estimate of drug-likeness (QED) is 0.324. The van der Waals surface area contributed by atoms with Gasteiger partial charge in [0.1, 0.15) is 0 Å². The predicted octanol–water partition coefficient (Wildman–Crippen LogP) is 2.87. The Balaban J connectivity index is 1.85. The molecule has 5 heteroatoms. The maximum Gasteiger partial charge on any atom is 0.305 e. The summed E-state index contributed by atoms with van der Waals surface area (Å²) < 4.78 is 4.60. The zero-order valence-corrected chi connectivity index (χ0v) is 16.5. The highest BCUT2D eigenvalue weighted by molar-refractivity contribution is 5.78. The number of ether oxygens (including phenoxy) is 1. The van der Waals surface area contributed by atoms with Gasteiger partial charge < -0.3 is 14.7 Å². The van der Waals surface area contributed by atoms with Crippen molar-refractivity contribution >= 4 is 11.9 Å². The minimum absolute atomic E-state index is 0.0314. The molecule has 28 heavy (non-hydrogen) atoms. The van der Waals surface area contributed by atoms with Crippen molar-refractivity contribution in [2.24, 2.45) is 0 Å². The minimum Gasteiger partial charge on any atom is -0.469 e. The maximum atomic E-state index is 12.3. The number of hydrogen-bond donors (Lipinski definition) is 1. The summed E-state index contributed by atoms with van der Waals surface area (Å²) in [7, 11) is 1.38. The number of esters is 1. The van der Waals surface area contributed by atoms with Gasteiger partial charge in [0, 0.05) is 25.7 Å². The van der Waals surface area contributed by atoms with Gasteiger partial charge in [-0.2, -0.15) is 0 Å². The van der Waals surface area contributed by atoms with Gasteiger partial charge in [0.15, 0.2) is 0 Å². The lowest BCUT2D eigenvalue weighted by Gasteiger charge is -2.32. The van der Waals surface area contributed by atoms with Crippen molar-refractivity contribution in [3.05, 3.63) is 48.0 Å². The van der Waals surface area contributed by atoms with Crippen molar-refractivity contribution in [3.63, 3.8) is 0 Å². The van der Waals surface area contributed by atoms with E-state index in [2.05, 4.69) is 16.6 Å². The summed E-state index contributed by atoms with van der Waals surface area (Å²) in [5.41, 5.74) is 1.08. The molecule has 1 saturated heterocycles. The second-order valence-electron chi connectivity index (χ2n) is 6.91. The van der Waals surface area contributed by atoms with Crippen LogP contribution in [0.4, 0.5) is 0 Å². The summed E-state index contributed by atoms with van der Waals surface area (Å²) in [4.78, 5) is 25.1. The largest absolute Gasteiger partial charge is 0.469 e. The lowest BCUT2D eigenvalue weighted by molar-refractivity contribution is -0.140. The zero-order valence-electron chi connectivity index (χ0n) is 16.5. The first-order valence-corrected chi connectivity index (χ1v) is 9.82. The summed E-state index contributed by atoms with van der Waals surface area (Å²) in [6.07, 6.45) is 7.59. The first kappa shape index (κ1) is 21.7. The van der Waals surface area contributed by atoms with Crippen LogP contribution >= 0.6 is 0 Å². The average Bonchev–Trinajstić information content (AvgIpc) is 2.70. The summed E-state index contributed by atoms with van der Waals surface area (Å²) in [5, 5.41) is 10.3. The Morgan fingerprint density at radius 3 is 2.89 bits per heavy atom. The van der Waals surface area contributed by atoms with E-state index in [0.717, 1.165) is 18.4 Å². The molecule has 0 bridgehead atoms. The number of carbonyl (C=O) groups is 2. The third-order valence-electron chi connectivity index (χ3n) is 4.74. The van der Waals surface area contributed by atoms with E-state index in [1.54, 1.807) is 11.0 Å². The van der Waals surface area contributed by atoms with Crippen LogP contribution in [0.1, 0.15) is 44.1 Å². The van der Waals surface area contributed by atoms with Gasteiger partial charge in [0.25, 0.3) is 0 Å². The van der Waals surface area contributed by atoms with Gasteiger partial charge in [-0.25, -0.2) is 0 Å². The van der Waals surface area contributed by atoms with Crippen molar-refractivity contribution < 1.29 is 19.4 Å². The van der Waals surface area contributed by atoms with Crippen LogP contribution in [-0.4, -0.2) is 47.7 Å². The second kappa shape index (κ2) is 12.0. The van der Waals surface area contributed by atoms with Crippen LogP contribution in [0.15, 0.2) is 42.5 Å². The molecule has 0 saturated carbocycles. The van der Waals surface area contributed by atoms with E-state index in [9.17, 15) is 14.7 Å². The maximum absolute atomic E-state index is 12.3. The van der Waals surface area contributed by atoms with Crippen LogP contribution in [0.2, 0.25) is 0 Å². The molecule has 0 aliphatic carbocycles. The highest BCUT2D eigenvalue weighted by Crippen LogP contribution is 2.19. The number of hydrogen-bond acceptors (Lipinski definition) is 4. The first-order valence-electron chi connectivity index (χ1n) is 9.82. The van der Waals surface area contributed by atoms with E-state index >= 15 is 0 Å². The van der Waals surface area contributed by atoms with Crippen LogP contribution < -0.4 is 0 Å². The molecule has 1 aromatic rings. The Morgan fingerprint density at radius 2 is 2.14 bits per heavy atom. The Morgan fingerprint density at radius 1 is 1.36 bits per heavy atom. The number of aliphatic hydroxyl groups excluding tert-OH is 1. The molecule has 5 nitrogen and oxygen atoms in total. The van der Waals surface area contributed by atoms with Crippen molar-refractivity contribution in [1.82, 2.24) is 4.90 Å². The number of methoxy groups -OCH3 is 1. The minimum atomic E-state index is -0.578. The van der Waals surface area contributed by atoms with Gasteiger partial charge in [-0.1, -0.05) is 48.4 Å². The number of benzene rings is 1. The van der Waals surface area contributed by atoms with Crippen molar-refractivity contribution in [2.45, 2.75) is 57.1 Å². The van der Waals surface area contributed by atoms with E-state index in [1.165, 1.54) is 7.11 Å². The summed E-state index contributed by atoms with van der Waals surface area (Å²) >= 11 is 0. The molecule has 0 aromatic heterocycles. The van der Waals surface area contributed by atoms with E-state index in [-0.39, 0.29) is 17.9 Å². The molecule has 1 fully saturated rings. The molecule has 2 atom stereocenters. The fourth-order valence-corrected chi connectivity index (χ4v) is 3.19. The fraction of sp³-hybridized carbons (Fsp3) is 0.478. The van der Waals surface area contributed by atoms with E-state index in [4.69, 9.17) is 0 Å². The number of rotatable bonds is 8. The Bertz CT molecular complexity index is 717. The third-order valence-corrected chi connectivity index (χ3v) is 4.74. The van der Waals surface area contributed by atoms with E-state index in [1.807, 2.05) is 36.4 Å². The SMILES string of the molecule is COC(=O)CCCC#CCN1C(=O)CCCC1C=CC(O)Cc1ccccc1. The first-order chi connectivity index (χ1) is 13.6. The number of amides is 1. The van der Waals surface area contributed by atoms with Gasteiger partial charge >= 0.3 is 5.97 Å². The van der Waals surface area contributed by atoms with Crippen LogP contribution in [0, 0.1) is 11.8 Å². The molecule has 0 spiro atoms. The molecule has 1 aliphatic rings. The highest BCUT2D eigenvalue weighted by Gasteiger charge is 2.25. The van der Waals surface area contributed by atoms with Gasteiger partial charge in [-0.15, -0.1) is 5.92 Å². The van der Waals surface area contributed by atoms with Gasteiger partial charge in [0.2, 0.25) is 5.91 Å². The van der Waals surface area contributed by atoms with Crippen LogP contribution in [0.5, 0.6) is 0 Å². The molecule has 2 rings (SSSR count). The highest BCUT2D eigenvalue weighted by atomic mass is 16.5. The molecule has 0 radical (unpaired) electrons. The zero-order chi connectivity index (χ0) is 20.2. The van der Waals surface area contributed by atoms with Gasteiger partial charge in [-0.05, 0) is 24.8 Å². The van der Waals surface area contributed by atoms with Crippen molar-refractivity contribution in [2.75, 3.05) is 13.7 Å². The second-order valence-corrected chi connectivity index (χ2v) is 6.91. The molecule has 1 N–H and O–H groups in total. The van der Waals surface area contributed by atoms with Crippen LogP contribution in [0.3, 0.4) is 0 Å².